The third kappa shape index (κ3) is 4.20. The Labute approximate surface area is 149 Å². The molecule has 0 bridgehead atoms. The lowest BCUT2D eigenvalue weighted by molar-refractivity contribution is -0.384. The molecule has 1 unspecified atom stereocenters. The van der Waals surface area contributed by atoms with E-state index in [-0.39, 0.29) is 23.4 Å². The lowest BCUT2D eigenvalue weighted by Crippen LogP contribution is -2.35. The Morgan fingerprint density at radius 3 is 2.35 bits per heavy atom. The van der Waals surface area contributed by atoms with Gasteiger partial charge >= 0.3 is 0 Å². The zero-order valence-corrected chi connectivity index (χ0v) is 14.6. The fourth-order valence-corrected chi connectivity index (χ4v) is 2.67. The Kier molecular flexibility index (Phi) is 5.99. The summed E-state index contributed by atoms with van der Waals surface area (Å²) in [5.41, 5.74) is 0.467. The number of nitro benzene ring substituents is 1. The highest BCUT2D eigenvalue weighted by molar-refractivity contribution is 5.95. The second kappa shape index (κ2) is 8.01. The van der Waals surface area contributed by atoms with E-state index in [1.165, 1.54) is 24.3 Å². The summed E-state index contributed by atoms with van der Waals surface area (Å²) in [4.78, 5) is 24.2. The van der Waals surface area contributed by atoms with Crippen molar-refractivity contribution in [3.05, 3.63) is 74.8 Å². The van der Waals surface area contributed by atoms with Crippen LogP contribution in [0.25, 0.3) is 0 Å². The summed E-state index contributed by atoms with van der Waals surface area (Å²) < 4.78 is 28.1. The molecule has 0 aliphatic carbocycles. The number of aryl methyl sites for hydroxylation is 1. The number of hydrogen-bond acceptors (Lipinski definition) is 4. The molecular weight excluding hydrogens is 344 g/mol. The van der Waals surface area contributed by atoms with Crippen molar-refractivity contribution in [2.24, 2.45) is 0 Å². The van der Waals surface area contributed by atoms with E-state index in [2.05, 4.69) is 5.32 Å². The minimum Gasteiger partial charge on any atom is -0.350 e. The molecule has 0 radical (unpaired) electrons. The smallest absolute Gasteiger partial charge is 0.269 e. The van der Waals surface area contributed by atoms with Crippen LogP contribution in [0.5, 0.6) is 0 Å². The molecule has 0 aliphatic rings. The molecule has 0 saturated heterocycles. The Morgan fingerprint density at radius 1 is 1.23 bits per heavy atom. The van der Waals surface area contributed by atoms with Crippen LogP contribution in [0.15, 0.2) is 36.4 Å². The van der Waals surface area contributed by atoms with Crippen molar-refractivity contribution >= 4 is 11.6 Å². The number of halogens is 2. The van der Waals surface area contributed by atoms with Crippen molar-refractivity contribution in [2.75, 3.05) is 20.6 Å². The normalized spacial score (nSPS) is 12.1. The number of nitrogens with zero attached hydrogens (tertiary/aromatic N) is 2. The number of nitro groups is 1. The standard InChI is InChI=1S/C18H19F2N3O3/c1-11-9-12(23(25)26)7-8-13(11)18(24)21-10-16(22(2)3)17-14(19)5-4-6-15(17)20/h4-9,16H,10H2,1-3H3,(H,21,24). The van der Waals surface area contributed by atoms with Gasteiger partial charge in [0.25, 0.3) is 11.6 Å². The maximum Gasteiger partial charge on any atom is 0.269 e. The van der Waals surface area contributed by atoms with Gasteiger partial charge in [-0.1, -0.05) is 6.07 Å². The van der Waals surface area contributed by atoms with E-state index in [0.29, 0.717) is 5.56 Å². The van der Waals surface area contributed by atoms with E-state index in [4.69, 9.17) is 0 Å². The Balaban J connectivity index is 2.20. The summed E-state index contributed by atoms with van der Waals surface area (Å²) >= 11 is 0. The van der Waals surface area contributed by atoms with Crippen LogP contribution in [0.2, 0.25) is 0 Å². The number of amides is 1. The maximum atomic E-state index is 14.0. The molecule has 138 valence electrons. The number of carbonyl (C=O) groups excluding carboxylic acids is 1. The van der Waals surface area contributed by atoms with E-state index in [1.54, 1.807) is 25.9 Å². The van der Waals surface area contributed by atoms with Crippen molar-refractivity contribution in [3.8, 4) is 0 Å². The highest BCUT2D eigenvalue weighted by Crippen LogP contribution is 2.24. The number of hydrogen-bond donors (Lipinski definition) is 1. The molecule has 1 amide bonds. The first kappa shape index (κ1) is 19.5. The third-order valence-corrected chi connectivity index (χ3v) is 4.08. The van der Waals surface area contributed by atoms with Crippen LogP contribution in [-0.2, 0) is 0 Å². The van der Waals surface area contributed by atoms with E-state index in [0.717, 1.165) is 12.1 Å². The lowest BCUT2D eigenvalue weighted by atomic mass is 10.0. The van der Waals surface area contributed by atoms with Gasteiger partial charge in [0, 0.05) is 29.8 Å². The molecule has 1 N–H and O–H groups in total. The van der Waals surface area contributed by atoms with Crippen LogP contribution in [0, 0.1) is 28.7 Å². The first-order valence-corrected chi connectivity index (χ1v) is 7.86. The molecule has 2 rings (SSSR count). The van der Waals surface area contributed by atoms with Gasteiger partial charge in [0.2, 0.25) is 0 Å². The van der Waals surface area contributed by atoms with Crippen LogP contribution in [-0.4, -0.2) is 36.4 Å². The zero-order chi connectivity index (χ0) is 19.4. The Hall–Kier alpha value is -2.87. The van der Waals surface area contributed by atoms with E-state index in [1.807, 2.05) is 0 Å². The van der Waals surface area contributed by atoms with Gasteiger partial charge in [-0.05, 0) is 44.8 Å². The number of carbonyl (C=O) groups is 1. The van der Waals surface area contributed by atoms with E-state index < -0.39 is 28.5 Å². The van der Waals surface area contributed by atoms with Gasteiger partial charge in [-0.25, -0.2) is 8.78 Å². The van der Waals surface area contributed by atoms with Crippen LogP contribution in [0.4, 0.5) is 14.5 Å². The fraction of sp³-hybridized carbons (Fsp3) is 0.278. The SMILES string of the molecule is Cc1cc([N+](=O)[O-])ccc1C(=O)NCC(c1c(F)cccc1F)N(C)C. The van der Waals surface area contributed by atoms with Crippen molar-refractivity contribution in [3.63, 3.8) is 0 Å². The van der Waals surface area contributed by atoms with Crippen molar-refractivity contribution in [1.29, 1.82) is 0 Å². The number of benzene rings is 2. The number of likely N-dealkylation sites (N-methyl/N-ethyl adjacent to an activating group) is 1. The lowest BCUT2D eigenvalue weighted by Gasteiger charge is -2.26. The average Bonchev–Trinajstić information content (AvgIpc) is 2.56. The predicted molar refractivity (Wildman–Crippen MR) is 93.0 cm³/mol. The van der Waals surface area contributed by atoms with Crippen LogP contribution < -0.4 is 5.32 Å². The predicted octanol–water partition coefficient (Wildman–Crippen LogP) is 3.21. The zero-order valence-electron chi connectivity index (χ0n) is 14.6. The summed E-state index contributed by atoms with van der Waals surface area (Å²) in [7, 11) is 3.31. The van der Waals surface area contributed by atoms with E-state index in [9.17, 15) is 23.7 Å². The summed E-state index contributed by atoms with van der Waals surface area (Å²) in [6.07, 6.45) is 0. The van der Waals surface area contributed by atoms with Crippen molar-refractivity contribution in [1.82, 2.24) is 10.2 Å². The molecule has 1 atom stereocenters. The van der Waals surface area contributed by atoms with Crippen LogP contribution in [0.3, 0.4) is 0 Å². The van der Waals surface area contributed by atoms with E-state index >= 15 is 0 Å². The van der Waals surface area contributed by atoms with Gasteiger partial charge in [0.05, 0.1) is 11.0 Å². The monoisotopic (exact) mass is 363 g/mol. The molecule has 2 aromatic carbocycles. The molecule has 0 saturated carbocycles. The minimum atomic E-state index is -0.710. The summed E-state index contributed by atoms with van der Waals surface area (Å²) in [6, 6.07) is 6.79. The van der Waals surface area contributed by atoms with Gasteiger partial charge in [-0.15, -0.1) is 0 Å². The molecule has 26 heavy (non-hydrogen) atoms. The number of nitrogens with one attached hydrogen (secondary N) is 1. The van der Waals surface area contributed by atoms with Gasteiger partial charge in [0.15, 0.2) is 0 Å². The second-order valence-electron chi connectivity index (χ2n) is 6.08. The molecule has 8 heteroatoms. The Morgan fingerprint density at radius 2 is 1.85 bits per heavy atom. The molecule has 2 aromatic rings. The Bertz CT molecular complexity index is 820. The van der Waals surface area contributed by atoms with Crippen molar-refractivity contribution < 1.29 is 18.5 Å². The fourth-order valence-electron chi connectivity index (χ4n) is 2.67. The summed E-state index contributed by atoms with van der Waals surface area (Å²) in [6.45, 7) is 1.56. The maximum absolute atomic E-state index is 14.0. The van der Waals surface area contributed by atoms with Gasteiger partial charge in [-0.3, -0.25) is 14.9 Å². The van der Waals surface area contributed by atoms with Crippen molar-refractivity contribution in [2.45, 2.75) is 13.0 Å². The van der Waals surface area contributed by atoms with Gasteiger partial charge < -0.3 is 10.2 Å². The highest BCUT2D eigenvalue weighted by Gasteiger charge is 2.23. The molecular formula is C18H19F2N3O3. The molecule has 0 aromatic heterocycles. The number of non-ortho nitro benzene ring substituents is 1. The molecule has 0 spiro atoms. The summed E-state index contributed by atoms with van der Waals surface area (Å²) in [5, 5.41) is 13.4. The third-order valence-electron chi connectivity index (χ3n) is 4.08. The first-order valence-electron chi connectivity index (χ1n) is 7.86. The highest BCUT2D eigenvalue weighted by atomic mass is 19.1. The second-order valence-corrected chi connectivity index (χ2v) is 6.08. The van der Waals surface area contributed by atoms with Crippen LogP contribution >= 0.6 is 0 Å². The van der Waals surface area contributed by atoms with Gasteiger partial charge in [0.1, 0.15) is 11.6 Å². The minimum absolute atomic E-state index is 0.0277. The summed E-state index contributed by atoms with van der Waals surface area (Å²) in [5.74, 6) is -1.85. The number of rotatable bonds is 6. The molecule has 0 heterocycles. The molecule has 6 nitrogen and oxygen atoms in total. The average molecular weight is 363 g/mol. The molecule has 0 aliphatic heterocycles. The topological polar surface area (TPSA) is 75.5 Å². The quantitative estimate of drug-likeness (QED) is 0.632. The largest absolute Gasteiger partial charge is 0.350 e. The van der Waals surface area contributed by atoms with Crippen LogP contribution in [0.1, 0.15) is 27.5 Å². The molecule has 0 fully saturated rings. The van der Waals surface area contributed by atoms with Gasteiger partial charge in [-0.2, -0.15) is 0 Å². The first-order chi connectivity index (χ1) is 12.2.